The highest BCUT2D eigenvalue weighted by Gasteiger charge is 2.09. The molecule has 0 amide bonds. The molecule has 0 N–H and O–H groups in total. The molecule has 0 aliphatic carbocycles. The first-order chi connectivity index (χ1) is 4.35. The highest BCUT2D eigenvalue weighted by atomic mass is 17.2. The van der Waals surface area contributed by atoms with Gasteiger partial charge in [0.15, 0.2) is 0 Å². The zero-order valence-electron chi connectivity index (χ0n) is 6.52. The molecular weight excluding hydrogens is 115 g/mol. The lowest BCUT2D eigenvalue weighted by Gasteiger charge is -2.06. The topological polar surface area (TPSA) is 18.5 Å². The second kappa shape index (κ2) is 6.11. The van der Waals surface area contributed by atoms with Gasteiger partial charge in [-0.2, -0.15) is 0 Å². The van der Waals surface area contributed by atoms with E-state index in [-0.39, 0.29) is 6.92 Å². The van der Waals surface area contributed by atoms with E-state index in [1.807, 2.05) is 6.92 Å². The first kappa shape index (κ1) is 8.98. The lowest BCUT2D eigenvalue weighted by molar-refractivity contribution is -0.209. The maximum atomic E-state index is 4.99. The van der Waals surface area contributed by atoms with Crippen LogP contribution in [0.15, 0.2) is 0 Å². The summed E-state index contributed by atoms with van der Waals surface area (Å²) in [7, 11) is 0. The van der Waals surface area contributed by atoms with Crippen molar-refractivity contribution in [1.82, 2.24) is 0 Å². The van der Waals surface area contributed by atoms with Crippen molar-refractivity contribution in [2.45, 2.75) is 33.4 Å². The molecule has 9 heavy (non-hydrogen) atoms. The predicted molar refractivity (Wildman–Crippen MR) is 39.4 cm³/mol. The van der Waals surface area contributed by atoms with E-state index in [1.165, 1.54) is 0 Å². The van der Waals surface area contributed by atoms with Gasteiger partial charge < -0.3 is 4.81 Å². The Morgan fingerprint density at radius 3 is 2.00 bits per heavy atom. The van der Waals surface area contributed by atoms with E-state index in [2.05, 4.69) is 13.8 Å². The predicted octanol–water partition coefficient (Wildman–Crippen LogP) is 1.99. The Kier molecular flexibility index (Phi) is 6.10. The fourth-order valence-corrected chi connectivity index (χ4v) is 0.589. The van der Waals surface area contributed by atoms with Gasteiger partial charge in [0.05, 0.1) is 6.61 Å². The van der Waals surface area contributed by atoms with Gasteiger partial charge in [0.2, 0.25) is 0 Å². The average molecular weight is 130 g/mol. The molecule has 0 aliphatic rings. The first-order valence-corrected chi connectivity index (χ1v) is 3.63. The van der Waals surface area contributed by atoms with Crippen molar-refractivity contribution < 1.29 is 9.69 Å². The van der Waals surface area contributed by atoms with Gasteiger partial charge in [-0.05, 0) is 19.6 Å². The van der Waals surface area contributed by atoms with Crippen LogP contribution in [0.1, 0.15) is 20.8 Å². The minimum Gasteiger partial charge on any atom is -0.305 e. The minimum absolute atomic E-state index is 0.282. The van der Waals surface area contributed by atoms with Crippen LogP contribution < -0.4 is 0 Å². The van der Waals surface area contributed by atoms with Crippen molar-refractivity contribution in [2.24, 2.45) is 0 Å². The molecule has 0 saturated carbocycles. The van der Waals surface area contributed by atoms with E-state index in [0.717, 1.165) is 12.6 Å². The summed E-state index contributed by atoms with van der Waals surface area (Å²) in [6.45, 7) is 7.02. The van der Waals surface area contributed by atoms with Crippen LogP contribution in [0.3, 0.4) is 0 Å². The summed E-state index contributed by atoms with van der Waals surface area (Å²) < 4.78 is 0. The zero-order chi connectivity index (χ0) is 7.11. The van der Waals surface area contributed by atoms with Crippen LogP contribution in [0.5, 0.6) is 0 Å². The Morgan fingerprint density at radius 1 is 1.11 bits per heavy atom. The van der Waals surface area contributed by atoms with E-state index >= 15 is 0 Å². The van der Waals surface area contributed by atoms with Crippen LogP contribution in [0.4, 0.5) is 0 Å². The average Bonchev–Trinajstić information content (AvgIpc) is 1.91. The quantitative estimate of drug-likeness (QED) is 0.322. The molecule has 0 aromatic rings. The molecule has 0 saturated heterocycles. The molecule has 0 bridgehead atoms. The van der Waals surface area contributed by atoms with Gasteiger partial charge in [0.25, 0.3) is 0 Å². The Hall–Kier alpha value is -0.0151. The number of hydrogen-bond donors (Lipinski definition) is 0. The summed E-state index contributed by atoms with van der Waals surface area (Å²) >= 11 is 0. The van der Waals surface area contributed by atoms with Gasteiger partial charge in [-0.15, -0.1) is 0 Å². The minimum atomic E-state index is 0.282. The number of rotatable bonds is 5. The van der Waals surface area contributed by atoms with Gasteiger partial charge in [-0.1, -0.05) is 13.8 Å². The molecule has 3 heteroatoms. The summed E-state index contributed by atoms with van der Waals surface area (Å²) in [5, 5.41) is 0. The third kappa shape index (κ3) is 4.49. The second-order valence-electron chi connectivity index (χ2n) is 1.94. The lowest BCUT2D eigenvalue weighted by Crippen LogP contribution is -2.15. The molecular formula is C6H15BO2. The summed E-state index contributed by atoms with van der Waals surface area (Å²) in [5.74, 6) is 0. The molecule has 0 spiro atoms. The second-order valence-corrected chi connectivity index (χ2v) is 1.94. The summed E-state index contributed by atoms with van der Waals surface area (Å²) in [5.41, 5.74) is 0. The molecule has 0 aromatic carbocycles. The van der Waals surface area contributed by atoms with Crippen LogP contribution in [0, 0.1) is 0 Å². The maximum Gasteiger partial charge on any atom is 0.339 e. The van der Waals surface area contributed by atoms with Crippen molar-refractivity contribution in [3.8, 4) is 0 Å². The van der Waals surface area contributed by atoms with E-state index in [9.17, 15) is 0 Å². The van der Waals surface area contributed by atoms with Crippen LogP contribution in [0.25, 0.3) is 0 Å². The summed E-state index contributed by atoms with van der Waals surface area (Å²) in [4.78, 5) is 9.77. The van der Waals surface area contributed by atoms with E-state index < -0.39 is 0 Å². The fourth-order valence-electron chi connectivity index (χ4n) is 0.589. The van der Waals surface area contributed by atoms with Gasteiger partial charge in [-0.3, -0.25) is 4.89 Å². The highest BCUT2D eigenvalue weighted by molar-refractivity contribution is 6.51. The van der Waals surface area contributed by atoms with Crippen molar-refractivity contribution in [3.63, 3.8) is 0 Å². The van der Waals surface area contributed by atoms with Crippen LogP contribution in [0.2, 0.25) is 12.6 Å². The lowest BCUT2D eigenvalue weighted by atomic mass is 9.63. The largest absolute Gasteiger partial charge is 0.339 e. The number of hydrogen-bond acceptors (Lipinski definition) is 2. The van der Waals surface area contributed by atoms with Crippen molar-refractivity contribution >= 4 is 6.92 Å². The van der Waals surface area contributed by atoms with Crippen LogP contribution in [-0.2, 0) is 9.69 Å². The van der Waals surface area contributed by atoms with E-state index in [1.54, 1.807) is 0 Å². The molecule has 0 aromatic heterocycles. The highest BCUT2D eigenvalue weighted by Crippen LogP contribution is 1.99. The van der Waals surface area contributed by atoms with Crippen LogP contribution >= 0.6 is 0 Å². The van der Waals surface area contributed by atoms with Gasteiger partial charge in [0, 0.05) is 0 Å². The van der Waals surface area contributed by atoms with Gasteiger partial charge >= 0.3 is 6.92 Å². The smallest absolute Gasteiger partial charge is 0.305 e. The van der Waals surface area contributed by atoms with E-state index in [4.69, 9.17) is 9.69 Å². The molecule has 0 fully saturated rings. The molecule has 0 unspecified atom stereocenters. The Labute approximate surface area is 57.6 Å². The molecule has 0 aliphatic heterocycles. The Morgan fingerprint density at radius 2 is 1.67 bits per heavy atom. The third-order valence-corrected chi connectivity index (χ3v) is 1.23. The standard InChI is InChI=1S/C6H15BO2/c1-4-7(5-2)9-8-6-3/h4-6H2,1-3H3. The Bertz CT molecular complexity index is 55.0. The summed E-state index contributed by atoms with van der Waals surface area (Å²) in [6.07, 6.45) is 2.05. The summed E-state index contributed by atoms with van der Waals surface area (Å²) in [6, 6.07) is 0. The van der Waals surface area contributed by atoms with Crippen molar-refractivity contribution in [3.05, 3.63) is 0 Å². The van der Waals surface area contributed by atoms with Crippen molar-refractivity contribution in [2.75, 3.05) is 6.61 Å². The Balaban J connectivity index is 3.09. The normalized spacial score (nSPS) is 9.67. The molecule has 0 heterocycles. The third-order valence-electron chi connectivity index (χ3n) is 1.23. The molecule has 2 nitrogen and oxygen atoms in total. The molecule has 54 valence electrons. The fraction of sp³-hybridized carbons (Fsp3) is 1.00. The monoisotopic (exact) mass is 130 g/mol. The van der Waals surface area contributed by atoms with Crippen molar-refractivity contribution in [1.29, 1.82) is 0 Å². The first-order valence-electron chi connectivity index (χ1n) is 3.63. The van der Waals surface area contributed by atoms with Gasteiger partial charge in [-0.25, -0.2) is 0 Å². The molecule has 0 rings (SSSR count). The maximum absolute atomic E-state index is 4.99. The van der Waals surface area contributed by atoms with Gasteiger partial charge in [0.1, 0.15) is 0 Å². The van der Waals surface area contributed by atoms with E-state index in [0.29, 0.717) is 6.61 Å². The molecule has 0 atom stereocenters. The SMILES string of the molecule is CCOOB(CC)CC. The zero-order valence-corrected chi connectivity index (χ0v) is 6.52. The molecule has 0 radical (unpaired) electrons. The van der Waals surface area contributed by atoms with Crippen LogP contribution in [-0.4, -0.2) is 13.5 Å².